The van der Waals surface area contributed by atoms with E-state index in [9.17, 15) is 45.6 Å². The summed E-state index contributed by atoms with van der Waals surface area (Å²) in [7, 11) is 0. The highest BCUT2D eigenvalue weighted by molar-refractivity contribution is 6.04. The van der Waals surface area contributed by atoms with Crippen molar-refractivity contribution < 1.29 is 55.1 Å². The van der Waals surface area contributed by atoms with Crippen molar-refractivity contribution in [3.05, 3.63) is 65.2 Å². The molecular weight excluding hydrogens is 490 g/mol. The van der Waals surface area contributed by atoms with Crippen LogP contribution in [-0.2, 0) is 9.47 Å². The van der Waals surface area contributed by atoms with E-state index in [4.69, 9.17) is 9.47 Å². The number of ether oxygens (including phenoxy) is 2. The molecule has 2 aromatic carbocycles. The number of hydrogen-bond donors (Lipinski definition) is 9. The van der Waals surface area contributed by atoms with E-state index in [1.165, 1.54) is 12.1 Å². The fraction of sp³-hybridized carbons (Fsp3) is 0.480. The number of carbonyl (C=O) groups is 1. The van der Waals surface area contributed by atoms with Crippen molar-refractivity contribution in [1.82, 2.24) is 0 Å². The van der Waals surface area contributed by atoms with Gasteiger partial charge >= 0.3 is 0 Å². The van der Waals surface area contributed by atoms with E-state index in [0.29, 0.717) is 16.8 Å². The summed E-state index contributed by atoms with van der Waals surface area (Å²) in [6.45, 7) is -1.11. The van der Waals surface area contributed by atoms with E-state index in [0.717, 1.165) is 0 Å². The van der Waals surface area contributed by atoms with Gasteiger partial charge in [0.1, 0.15) is 61.0 Å². The van der Waals surface area contributed by atoms with Crippen molar-refractivity contribution in [2.75, 3.05) is 18.5 Å². The monoisotopic (exact) mass is 521 g/mol. The number of nitrogens with one attached hydrogen (secondary N) is 1. The second kappa shape index (κ2) is 11.5. The SMILES string of the molecule is O=C(Nc1ccc([C@H]2O[C@H](CO)[C@@H](O)[C@H](O)[C@@H]2O)cc1)c1cccc([C@H]2O[C@H](CO)[C@@H](O)[C@H](O)[C@@H]2O)c1. The molecule has 12 nitrogen and oxygen atoms in total. The number of aliphatic hydroxyl groups is 8. The molecule has 10 atom stereocenters. The fourth-order valence-electron chi connectivity index (χ4n) is 4.57. The van der Waals surface area contributed by atoms with Gasteiger partial charge in [0.2, 0.25) is 0 Å². The lowest BCUT2D eigenvalue weighted by Crippen LogP contribution is -2.55. The first kappa shape index (κ1) is 27.5. The zero-order chi connectivity index (χ0) is 26.9. The Morgan fingerprint density at radius 3 is 1.70 bits per heavy atom. The summed E-state index contributed by atoms with van der Waals surface area (Å²) < 4.78 is 11.1. The van der Waals surface area contributed by atoms with Crippen LogP contribution in [0.4, 0.5) is 5.69 Å². The van der Waals surface area contributed by atoms with Crippen LogP contribution in [0.15, 0.2) is 48.5 Å². The summed E-state index contributed by atoms with van der Waals surface area (Å²) in [6, 6.07) is 12.4. The lowest BCUT2D eigenvalue weighted by atomic mass is 9.90. The van der Waals surface area contributed by atoms with E-state index in [1.807, 2.05) is 0 Å². The minimum atomic E-state index is -1.55. The van der Waals surface area contributed by atoms with E-state index in [1.54, 1.807) is 36.4 Å². The van der Waals surface area contributed by atoms with Gasteiger partial charge in [-0.05, 0) is 35.4 Å². The van der Waals surface area contributed by atoms with Gasteiger partial charge < -0.3 is 55.6 Å². The van der Waals surface area contributed by atoms with E-state index >= 15 is 0 Å². The number of hydrogen-bond acceptors (Lipinski definition) is 11. The van der Waals surface area contributed by atoms with Gasteiger partial charge in [-0.3, -0.25) is 4.79 Å². The van der Waals surface area contributed by atoms with Crippen LogP contribution in [-0.4, -0.2) is 109 Å². The van der Waals surface area contributed by atoms with Gasteiger partial charge in [-0.25, -0.2) is 0 Å². The third-order valence-corrected chi connectivity index (χ3v) is 6.76. The standard InChI is InChI=1S/C25H31NO11/c27-9-15-17(29)19(31)21(33)23(36-15)11-4-6-14(7-5-11)26-25(35)13-3-1-2-12(8-13)24-22(34)20(32)18(30)16(10-28)37-24/h1-8,15-24,27-34H,9-10H2,(H,26,35)/t15-,16-,17-,18-,19+,20+,21+,22+,23-,24-/m1/s1. The minimum absolute atomic E-state index is 0.215. The van der Waals surface area contributed by atoms with Crippen molar-refractivity contribution in [2.24, 2.45) is 0 Å². The maximum Gasteiger partial charge on any atom is 0.255 e. The third kappa shape index (κ3) is 5.54. The molecule has 2 aromatic rings. The van der Waals surface area contributed by atoms with Gasteiger partial charge in [0.15, 0.2) is 0 Å². The third-order valence-electron chi connectivity index (χ3n) is 6.76. The summed E-state index contributed by atoms with van der Waals surface area (Å²) in [5.41, 5.74) is 1.44. The van der Waals surface area contributed by atoms with Gasteiger partial charge in [-0.1, -0.05) is 24.3 Å². The summed E-state index contributed by atoms with van der Waals surface area (Å²) in [5.74, 6) is -0.493. The summed E-state index contributed by atoms with van der Waals surface area (Å²) in [4.78, 5) is 12.9. The van der Waals surface area contributed by atoms with Crippen molar-refractivity contribution in [2.45, 2.75) is 61.0 Å². The number of amides is 1. The number of aliphatic hydroxyl groups excluding tert-OH is 8. The van der Waals surface area contributed by atoms with Crippen LogP contribution in [0.3, 0.4) is 0 Å². The molecule has 2 heterocycles. The smallest absolute Gasteiger partial charge is 0.255 e. The van der Waals surface area contributed by atoms with E-state index in [-0.39, 0.29) is 5.56 Å². The second-order valence-electron chi connectivity index (χ2n) is 9.20. The molecule has 0 bridgehead atoms. The first-order valence-electron chi connectivity index (χ1n) is 11.8. The molecule has 37 heavy (non-hydrogen) atoms. The van der Waals surface area contributed by atoms with Gasteiger partial charge in [0.25, 0.3) is 5.91 Å². The lowest BCUT2D eigenvalue weighted by molar-refractivity contribution is -0.231. The Balaban J connectivity index is 1.46. The molecule has 1 amide bonds. The molecule has 2 aliphatic heterocycles. The van der Waals surface area contributed by atoms with Crippen LogP contribution in [0.2, 0.25) is 0 Å². The van der Waals surface area contributed by atoms with Gasteiger partial charge in [-0.2, -0.15) is 0 Å². The first-order chi connectivity index (χ1) is 17.7. The van der Waals surface area contributed by atoms with Crippen molar-refractivity contribution in [3.8, 4) is 0 Å². The molecule has 9 N–H and O–H groups in total. The molecule has 12 heteroatoms. The Morgan fingerprint density at radius 1 is 0.676 bits per heavy atom. The van der Waals surface area contributed by atoms with Crippen LogP contribution in [0.1, 0.15) is 33.7 Å². The molecular formula is C25H31NO11. The highest BCUT2D eigenvalue weighted by Gasteiger charge is 2.45. The molecule has 0 aromatic heterocycles. The Hall–Kier alpha value is -2.49. The molecule has 4 rings (SSSR count). The zero-order valence-electron chi connectivity index (χ0n) is 19.6. The molecule has 2 fully saturated rings. The number of rotatable bonds is 6. The fourth-order valence-corrected chi connectivity index (χ4v) is 4.57. The highest BCUT2D eigenvalue weighted by atomic mass is 16.6. The molecule has 0 unspecified atom stereocenters. The van der Waals surface area contributed by atoms with Crippen LogP contribution < -0.4 is 5.32 Å². The molecule has 2 saturated heterocycles. The normalized spacial score (nSPS) is 36.2. The Kier molecular flexibility index (Phi) is 8.56. The summed E-state index contributed by atoms with van der Waals surface area (Å²) >= 11 is 0. The van der Waals surface area contributed by atoms with Gasteiger partial charge in [0, 0.05) is 11.3 Å². The zero-order valence-corrected chi connectivity index (χ0v) is 19.6. The van der Waals surface area contributed by atoms with Crippen LogP contribution in [0.5, 0.6) is 0 Å². The molecule has 2 aliphatic rings. The maximum absolute atomic E-state index is 12.9. The predicted octanol–water partition coefficient (Wildman–Crippen LogP) is -2.03. The van der Waals surface area contributed by atoms with Crippen molar-refractivity contribution >= 4 is 11.6 Å². The van der Waals surface area contributed by atoms with E-state index < -0.39 is 80.2 Å². The maximum atomic E-state index is 12.9. The Bertz CT molecular complexity index is 1060. The largest absolute Gasteiger partial charge is 0.394 e. The van der Waals surface area contributed by atoms with Crippen LogP contribution >= 0.6 is 0 Å². The summed E-state index contributed by atoms with van der Waals surface area (Å²) in [6.07, 6.45) is -13.1. The predicted molar refractivity (Wildman–Crippen MR) is 126 cm³/mol. The Labute approximate surface area is 212 Å². The van der Waals surface area contributed by atoms with Crippen molar-refractivity contribution in [1.29, 1.82) is 0 Å². The topological polar surface area (TPSA) is 209 Å². The minimum Gasteiger partial charge on any atom is -0.394 e. The van der Waals surface area contributed by atoms with Gasteiger partial charge in [-0.15, -0.1) is 0 Å². The molecule has 0 saturated carbocycles. The Morgan fingerprint density at radius 2 is 1.19 bits per heavy atom. The number of anilines is 1. The number of benzene rings is 2. The molecule has 0 aliphatic carbocycles. The van der Waals surface area contributed by atoms with Gasteiger partial charge in [0.05, 0.1) is 13.2 Å². The quantitative estimate of drug-likeness (QED) is 0.202. The van der Waals surface area contributed by atoms with Crippen LogP contribution in [0, 0.1) is 0 Å². The molecule has 0 radical (unpaired) electrons. The average Bonchev–Trinajstić information content (AvgIpc) is 2.91. The van der Waals surface area contributed by atoms with Crippen LogP contribution in [0.25, 0.3) is 0 Å². The average molecular weight is 522 g/mol. The van der Waals surface area contributed by atoms with E-state index in [2.05, 4.69) is 5.32 Å². The lowest BCUT2D eigenvalue weighted by Gasteiger charge is -2.40. The molecule has 0 spiro atoms. The van der Waals surface area contributed by atoms with Crippen molar-refractivity contribution in [3.63, 3.8) is 0 Å². The first-order valence-corrected chi connectivity index (χ1v) is 11.8. The summed E-state index contributed by atoms with van der Waals surface area (Å²) in [5, 5.41) is 82.1. The highest BCUT2D eigenvalue weighted by Crippen LogP contribution is 2.34. The molecule has 202 valence electrons. The second-order valence-corrected chi connectivity index (χ2v) is 9.20. The number of carbonyl (C=O) groups excluding carboxylic acids is 1.